The maximum absolute atomic E-state index is 12.3. The van der Waals surface area contributed by atoms with Gasteiger partial charge in [-0.15, -0.1) is 0 Å². The molecule has 2 aromatic rings. The Hall–Kier alpha value is -2.53. The zero-order valence-corrected chi connectivity index (χ0v) is 13.8. The molecule has 0 spiro atoms. The van der Waals surface area contributed by atoms with Crippen molar-refractivity contribution in [2.45, 2.75) is 13.8 Å². The Morgan fingerprint density at radius 3 is 2.35 bits per heavy atom. The highest BCUT2D eigenvalue weighted by atomic mass is 16.7. The van der Waals surface area contributed by atoms with Crippen LogP contribution in [0.25, 0.3) is 0 Å². The number of nitrogens with one attached hydrogen (secondary N) is 1. The molecule has 5 heteroatoms. The Balaban J connectivity index is 2.25. The Morgan fingerprint density at radius 1 is 1.04 bits per heavy atom. The summed E-state index contributed by atoms with van der Waals surface area (Å²) in [5.74, 6) is 0.972. The molecule has 0 aliphatic rings. The summed E-state index contributed by atoms with van der Waals surface area (Å²) < 4.78 is 15.8. The van der Waals surface area contributed by atoms with Crippen LogP contribution in [0.4, 0.5) is 5.69 Å². The fourth-order valence-corrected chi connectivity index (χ4v) is 2.16. The van der Waals surface area contributed by atoms with E-state index in [2.05, 4.69) is 5.32 Å². The molecule has 1 amide bonds. The first-order valence-corrected chi connectivity index (χ1v) is 7.24. The lowest BCUT2D eigenvalue weighted by atomic mass is 10.1. The zero-order chi connectivity index (χ0) is 16.8. The van der Waals surface area contributed by atoms with Crippen LogP contribution >= 0.6 is 0 Å². The van der Waals surface area contributed by atoms with Crippen molar-refractivity contribution in [3.63, 3.8) is 0 Å². The van der Waals surface area contributed by atoms with Crippen molar-refractivity contribution in [1.82, 2.24) is 0 Å². The van der Waals surface area contributed by atoms with E-state index in [4.69, 9.17) is 14.2 Å². The standard InChI is InChI=1S/C18H21NO4/c1-12-5-7-14(8-6-12)18(20)19-15-9-10-16(22-4)17(13(15)2)23-11-21-3/h5-10H,11H2,1-4H3,(H,19,20). The molecule has 2 rings (SSSR count). The molecule has 0 aliphatic heterocycles. The Labute approximate surface area is 136 Å². The molecule has 0 bridgehead atoms. The van der Waals surface area contributed by atoms with Crippen LogP contribution in [0.15, 0.2) is 36.4 Å². The lowest BCUT2D eigenvalue weighted by molar-refractivity contribution is 0.0487. The minimum absolute atomic E-state index is 0.104. The molecule has 0 radical (unpaired) electrons. The van der Waals surface area contributed by atoms with Gasteiger partial charge in [-0.25, -0.2) is 0 Å². The third-order valence-electron chi connectivity index (χ3n) is 3.47. The van der Waals surface area contributed by atoms with Crippen molar-refractivity contribution in [2.75, 3.05) is 26.3 Å². The average Bonchev–Trinajstić information content (AvgIpc) is 2.56. The second-order valence-electron chi connectivity index (χ2n) is 5.14. The summed E-state index contributed by atoms with van der Waals surface area (Å²) in [7, 11) is 3.11. The minimum atomic E-state index is -0.170. The van der Waals surface area contributed by atoms with Crippen molar-refractivity contribution < 1.29 is 19.0 Å². The van der Waals surface area contributed by atoms with Crippen LogP contribution in [-0.4, -0.2) is 26.9 Å². The summed E-state index contributed by atoms with van der Waals surface area (Å²) in [5, 5.41) is 2.90. The number of methoxy groups -OCH3 is 2. The van der Waals surface area contributed by atoms with Crippen LogP contribution < -0.4 is 14.8 Å². The van der Waals surface area contributed by atoms with Gasteiger partial charge >= 0.3 is 0 Å². The molecule has 1 N–H and O–H groups in total. The van der Waals surface area contributed by atoms with E-state index < -0.39 is 0 Å². The first-order valence-electron chi connectivity index (χ1n) is 7.24. The monoisotopic (exact) mass is 315 g/mol. The quantitative estimate of drug-likeness (QED) is 0.828. The summed E-state index contributed by atoms with van der Waals surface area (Å²) in [6.45, 7) is 3.94. The van der Waals surface area contributed by atoms with Gasteiger partial charge in [0.25, 0.3) is 5.91 Å². The van der Waals surface area contributed by atoms with Crippen LogP contribution in [0.1, 0.15) is 21.5 Å². The van der Waals surface area contributed by atoms with Crippen LogP contribution in [0, 0.1) is 13.8 Å². The molecule has 0 unspecified atom stereocenters. The molecule has 0 aliphatic carbocycles. The number of amides is 1. The SMILES string of the molecule is COCOc1c(OC)ccc(NC(=O)c2ccc(C)cc2)c1C. The second-order valence-corrected chi connectivity index (χ2v) is 5.14. The molecular weight excluding hydrogens is 294 g/mol. The van der Waals surface area contributed by atoms with Crippen LogP contribution in [0.5, 0.6) is 11.5 Å². The maximum Gasteiger partial charge on any atom is 0.255 e. The topological polar surface area (TPSA) is 56.8 Å². The molecule has 0 heterocycles. The molecule has 0 saturated heterocycles. The van der Waals surface area contributed by atoms with Gasteiger partial charge in [-0.1, -0.05) is 17.7 Å². The number of carbonyl (C=O) groups excluding carboxylic acids is 1. The molecule has 0 atom stereocenters. The number of rotatable bonds is 6. The number of hydrogen-bond donors (Lipinski definition) is 1. The van der Waals surface area contributed by atoms with Gasteiger partial charge in [0.05, 0.1) is 7.11 Å². The normalized spacial score (nSPS) is 10.3. The smallest absolute Gasteiger partial charge is 0.255 e. The van der Waals surface area contributed by atoms with Gasteiger partial charge in [-0.3, -0.25) is 4.79 Å². The van der Waals surface area contributed by atoms with Crippen molar-refractivity contribution >= 4 is 11.6 Å². The predicted molar refractivity (Wildman–Crippen MR) is 89.4 cm³/mol. The summed E-state index contributed by atoms with van der Waals surface area (Å²) in [5.41, 5.74) is 3.16. The highest BCUT2D eigenvalue weighted by molar-refractivity contribution is 6.04. The highest BCUT2D eigenvalue weighted by Gasteiger charge is 2.14. The lowest BCUT2D eigenvalue weighted by Gasteiger charge is -2.16. The molecule has 0 saturated carbocycles. The number of hydrogen-bond acceptors (Lipinski definition) is 4. The van der Waals surface area contributed by atoms with Crippen LogP contribution in [0.2, 0.25) is 0 Å². The van der Waals surface area contributed by atoms with E-state index >= 15 is 0 Å². The Bertz CT molecular complexity index is 680. The van der Waals surface area contributed by atoms with E-state index in [1.807, 2.05) is 26.0 Å². The van der Waals surface area contributed by atoms with Gasteiger partial charge in [0.1, 0.15) is 0 Å². The molecule has 23 heavy (non-hydrogen) atoms. The van der Waals surface area contributed by atoms with E-state index in [0.717, 1.165) is 11.1 Å². The second kappa shape index (κ2) is 7.65. The Kier molecular flexibility index (Phi) is 5.60. The molecule has 0 aromatic heterocycles. The lowest BCUT2D eigenvalue weighted by Crippen LogP contribution is -2.13. The Morgan fingerprint density at radius 2 is 1.74 bits per heavy atom. The van der Waals surface area contributed by atoms with E-state index in [-0.39, 0.29) is 12.7 Å². The first-order chi connectivity index (χ1) is 11.1. The minimum Gasteiger partial charge on any atom is -0.493 e. The summed E-state index contributed by atoms with van der Waals surface area (Å²) in [4.78, 5) is 12.3. The summed E-state index contributed by atoms with van der Waals surface area (Å²) >= 11 is 0. The molecule has 0 fully saturated rings. The van der Waals surface area contributed by atoms with Gasteiger partial charge in [0.15, 0.2) is 18.3 Å². The van der Waals surface area contributed by atoms with E-state index in [0.29, 0.717) is 22.7 Å². The third-order valence-corrected chi connectivity index (χ3v) is 3.47. The van der Waals surface area contributed by atoms with Gasteiger partial charge in [-0.2, -0.15) is 0 Å². The van der Waals surface area contributed by atoms with E-state index in [1.54, 1.807) is 38.5 Å². The van der Waals surface area contributed by atoms with Gasteiger partial charge in [0.2, 0.25) is 0 Å². The van der Waals surface area contributed by atoms with Gasteiger partial charge < -0.3 is 19.5 Å². The largest absolute Gasteiger partial charge is 0.493 e. The number of aryl methyl sites for hydroxylation is 1. The van der Waals surface area contributed by atoms with Gasteiger partial charge in [-0.05, 0) is 38.1 Å². The summed E-state index contributed by atoms with van der Waals surface area (Å²) in [6, 6.07) is 11.0. The number of anilines is 1. The van der Waals surface area contributed by atoms with Crippen LogP contribution in [0.3, 0.4) is 0 Å². The van der Waals surface area contributed by atoms with E-state index in [9.17, 15) is 4.79 Å². The fourth-order valence-electron chi connectivity index (χ4n) is 2.16. The number of carbonyl (C=O) groups is 1. The predicted octanol–water partition coefficient (Wildman–Crippen LogP) is 3.55. The first kappa shape index (κ1) is 16.8. The van der Waals surface area contributed by atoms with Crippen molar-refractivity contribution in [3.05, 3.63) is 53.1 Å². The molecule has 5 nitrogen and oxygen atoms in total. The number of benzene rings is 2. The maximum atomic E-state index is 12.3. The fraction of sp³-hybridized carbons (Fsp3) is 0.278. The molecule has 122 valence electrons. The molecular formula is C18H21NO4. The van der Waals surface area contributed by atoms with Crippen molar-refractivity contribution in [2.24, 2.45) is 0 Å². The molecule has 2 aromatic carbocycles. The number of ether oxygens (including phenoxy) is 3. The third kappa shape index (κ3) is 4.02. The van der Waals surface area contributed by atoms with E-state index in [1.165, 1.54) is 0 Å². The zero-order valence-electron chi connectivity index (χ0n) is 13.8. The average molecular weight is 315 g/mol. The van der Waals surface area contributed by atoms with Crippen LogP contribution in [-0.2, 0) is 4.74 Å². The van der Waals surface area contributed by atoms with Crippen molar-refractivity contribution in [3.8, 4) is 11.5 Å². The highest BCUT2D eigenvalue weighted by Crippen LogP contribution is 2.35. The summed E-state index contributed by atoms with van der Waals surface area (Å²) in [6.07, 6.45) is 0. The van der Waals surface area contributed by atoms with Gasteiger partial charge in [0, 0.05) is 23.9 Å². The van der Waals surface area contributed by atoms with Crippen molar-refractivity contribution in [1.29, 1.82) is 0 Å².